The van der Waals surface area contributed by atoms with Gasteiger partial charge in [0, 0.05) is 35.0 Å². The van der Waals surface area contributed by atoms with E-state index in [2.05, 4.69) is 0 Å². The summed E-state index contributed by atoms with van der Waals surface area (Å²) in [5.74, 6) is -4.06. The number of amides is 2. The Morgan fingerprint density at radius 1 is 0.941 bits per heavy atom. The van der Waals surface area contributed by atoms with E-state index >= 15 is 0 Å². The van der Waals surface area contributed by atoms with E-state index in [4.69, 9.17) is 4.74 Å². The second-order valence-corrected chi connectivity index (χ2v) is 8.78. The van der Waals surface area contributed by atoms with Crippen LogP contribution in [0.25, 0.3) is 0 Å². The summed E-state index contributed by atoms with van der Waals surface area (Å²) in [7, 11) is 0. The molecule has 1 fully saturated rings. The first-order valence-electron chi connectivity index (χ1n) is 10.9. The van der Waals surface area contributed by atoms with Crippen molar-refractivity contribution in [2.75, 3.05) is 4.90 Å². The standard InChI is InChI=1S/C26H18N2O6/c1-14(29)34-16-8-6-7-15(13-16)27-24(30)22-21-17-9-2-4-11-19(17)26(28(32)33,23(22)25(27)31)20-12-5-3-10-18(20)21/h2-13,21-23H,1H3/t21?,22-,23-,26?/m0/s1. The maximum absolute atomic E-state index is 13.9. The number of carbonyl (C=O) groups excluding carboxylic acids is 3. The van der Waals surface area contributed by atoms with Crippen LogP contribution in [0.2, 0.25) is 0 Å². The van der Waals surface area contributed by atoms with Crippen molar-refractivity contribution in [3.05, 3.63) is 105 Å². The number of ether oxygens (including phenoxy) is 1. The Hall–Kier alpha value is -4.33. The summed E-state index contributed by atoms with van der Waals surface area (Å²) < 4.78 is 5.12. The second-order valence-electron chi connectivity index (χ2n) is 8.78. The molecule has 4 aliphatic rings. The van der Waals surface area contributed by atoms with Gasteiger partial charge in [0.1, 0.15) is 11.7 Å². The van der Waals surface area contributed by atoms with Gasteiger partial charge in [-0.15, -0.1) is 0 Å². The number of hydrogen-bond acceptors (Lipinski definition) is 6. The van der Waals surface area contributed by atoms with Crippen molar-refractivity contribution < 1.29 is 24.0 Å². The van der Waals surface area contributed by atoms with E-state index < -0.39 is 46.0 Å². The van der Waals surface area contributed by atoms with E-state index in [0.717, 1.165) is 4.90 Å². The van der Waals surface area contributed by atoms with Crippen LogP contribution in [-0.4, -0.2) is 22.7 Å². The number of nitrogens with zero attached hydrogens (tertiary/aromatic N) is 2. The summed E-state index contributed by atoms with van der Waals surface area (Å²) >= 11 is 0. The van der Waals surface area contributed by atoms with Crippen molar-refractivity contribution in [1.29, 1.82) is 0 Å². The molecule has 2 bridgehead atoms. The fraction of sp³-hybridized carbons (Fsp3) is 0.192. The van der Waals surface area contributed by atoms with Crippen molar-refractivity contribution in [3.8, 4) is 5.75 Å². The first-order valence-corrected chi connectivity index (χ1v) is 10.9. The van der Waals surface area contributed by atoms with E-state index in [1.807, 2.05) is 12.1 Å². The van der Waals surface area contributed by atoms with Crippen LogP contribution in [0.4, 0.5) is 5.69 Å². The molecule has 8 heteroatoms. The van der Waals surface area contributed by atoms with Crippen molar-refractivity contribution in [2.45, 2.75) is 18.4 Å². The predicted octanol–water partition coefficient (Wildman–Crippen LogP) is 3.40. The molecule has 0 unspecified atom stereocenters. The van der Waals surface area contributed by atoms with Crippen LogP contribution in [0, 0.1) is 22.0 Å². The predicted molar refractivity (Wildman–Crippen MR) is 120 cm³/mol. The zero-order chi connectivity index (χ0) is 23.8. The van der Waals surface area contributed by atoms with Gasteiger partial charge in [-0.05, 0) is 23.3 Å². The molecule has 168 valence electrons. The first kappa shape index (κ1) is 20.3. The molecule has 3 aromatic carbocycles. The Balaban J connectivity index is 1.59. The van der Waals surface area contributed by atoms with Gasteiger partial charge in [0.05, 0.1) is 11.6 Å². The highest BCUT2D eigenvalue weighted by Crippen LogP contribution is 2.64. The maximum atomic E-state index is 13.9. The third-order valence-corrected chi connectivity index (χ3v) is 7.20. The summed E-state index contributed by atoms with van der Waals surface area (Å²) in [4.78, 5) is 52.7. The number of nitro groups is 1. The molecular weight excluding hydrogens is 436 g/mol. The fourth-order valence-electron chi connectivity index (χ4n) is 6.15. The first-order chi connectivity index (χ1) is 16.4. The number of esters is 1. The van der Waals surface area contributed by atoms with Crippen molar-refractivity contribution >= 4 is 23.5 Å². The molecule has 34 heavy (non-hydrogen) atoms. The number of anilines is 1. The Kier molecular flexibility index (Phi) is 4.08. The van der Waals surface area contributed by atoms with Gasteiger partial charge in [0.2, 0.25) is 11.8 Å². The Morgan fingerprint density at radius 3 is 2.15 bits per heavy atom. The highest BCUT2D eigenvalue weighted by Gasteiger charge is 2.74. The van der Waals surface area contributed by atoms with Crippen molar-refractivity contribution in [2.24, 2.45) is 11.8 Å². The molecule has 3 aliphatic carbocycles. The van der Waals surface area contributed by atoms with Crippen LogP contribution in [0.3, 0.4) is 0 Å². The summed E-state index contributed by atoms with van der Waals surface area (Å²) in [6.45, 7) is 1.25. The topological polar surface area (TPSA) is 107 Å². The molecule has 0 aromatic heterocycles. The average molecular weight is 454 g/mol. The van der Waals surface area contributed by atoms with Gasteiger partial charge in [-0.25, -0.2) is 4.90 Å². The lowest BCUT2D eigenvalue weighted by Crippen LogP contribution is -2.57. The largest absolute Gasteiger partial charge is 0.427 e. The van der Waals surface area contributed by atoms with Crippen LogP contribution < -0.4 is 9.64 Å². The smallest absolute Gasteiger partial charge is 0.308 e. The van der Waals surface area contributed by atoms with Crippen LogP contribution >= 0.6 is 0 Å². The SMILES string of the molecule is CC(=O)Oc1cccc(N2C(=O)[C@@H]3[C@@H](C2=O)C2c4ccccc4C3([N+](=O)[O-])c3ccccc32)c1. The molecule has 2 amide bonds. The highest BCUT2D eigenvalue weighted by atomic mass is 16.6. The van der Waals surface area contributed by atoms with Gasteiger partial charge in [0.15, 0.2) is 0 Å². The lowest BCUT2D eigenvalue weighted by molar-refractivity contribution is -0.578. The monoisotopic (exact) mass is 454 g/mol. The molecule has 1 aliphatic heterocycles. The van der Waals surface area contributed by atoms with Crippen LogP contribution in [0.1, 0.15) is 35.1 Å². The maximum Gasteiger partial charge on any atom is 0.308 e. The van der Waals surface area contributed by atoms with E-state index in [1.165, 1.54) is 19.1 Å². The van der Waals surface area contributed by atoms with E-state index in [0.29, 0.717) is 22.3 Å². The molecule has 7 rings (SSSR count). The van der Waals surface area contributed by atoms with Crippen molar-refractivity contribution in [3.63, 3.8) is 0 Å². The molecule has 3 aromatic rings. The van der Waals surface area contributed by atoms with Gasteiger partial charge in [-0.3, -0.25) is 24.5 Å². The van der Waals surface area contributed by atoms with Crippen LogP contribution in [0.5, 0.6) is 5.75 Å². The molecule has 8 nitrogen and oxygen atoms in total. The number of rotatable bonds is 3. The quantitative estimate of drug-likeness (QED) is 0.197. The normalized spacial score (nSPS) is 26.0. The van der Waals surface area contributed by atoms with Gasteiger partial charge < -0.3 is 4.74 Å². The fourth-order valence-corrected chi connectivity index (χ4v) is 6.15. The molecule has 1 saturated heterocycles. The highest BCUT2D eigenvalue weighted by molar-refractivity contribution is 6.23. The van der Waals surface area contributed by atoms with Gasteiger partial charge >= 0.3 is 5.97 Å². The van der Waals surface area contributed by atoms with Crippen LogP contribution in [0.15, 0.2) is 72.8 Å². The summed E-state index contributed by atoms with van der Waals surface area (Å²) in [6.07, 6.45) is 0. The molecule has 2 atom stereocenters. The number of hydrogen-bond donors (Lipinski definition) is 0. The summed E-state index contributed by atoms with van der Waals surface area (Å²) in [6, 6.07) is 20.1. The van der Waals surface area contributed by atoms with E-state index in [-0.39, 0.29) is 11.4 Å². The minimum atomic E-state index is -1.87. The minimum absolute atomic E-state index is 0.180. The molecule has 0 saturated carbocycles. The molecule has 0 spiro atoms. The minimum Gasteiger partial charge on any atom is -0.427 e. The van der Waals surface area contributed by atoms with Gasteiger partial charge in [0.25, 0.3) is 5.54 Å². The zero-order valence-corrected chi connectivity index (χ0v) is 18.0. The van der Waals surface area contributed by atoms with E-state index in [1.54, 1.807) is 48.5 Å². The average Bonchev–Trinajstić information content (AvgIpc) is 3.09. The molecule has 0 N–H and O–H groups in total. The Morgan fingerprint density at radius 2 is 1.56 bits per heavy atom. The number of carbonyl (C=O) groups is 3. The Bertz CT molecular complexity index is 1380. The number of imide groups is 1. The summed E-state index contributed by atoms with van der Waals surface area (Å²) in [5, 5.41) is 12.9. The van der Waals surface area contributed by atoms with Crippen molar-refractivity contribution in [1.82, 2.24) is 0 Å². The number of benzene rings is 3. The third-order valence-electron chi connectivity index (χ3n) is 7.20. The molecule has 0 radical (unpaired) electrons. The molecule has 1 heterocycles. The third kappa shape index (κ3) is 2.34. The lowest BCUT2D eigenvalue weighted by atomic mass is 9.51. The van der Waals surface area contributed by atoms with E-state index in [9.17, 15) is 24.5 Å². The van der Waals surface area contributed by atoms with Crippen LogP contribution in [-0.2, 0) is 19.9 Å². The Labute approximate surface area is 193 Å². The lowest BCUT2D eigenvalue weighted by Gasteiger charge is -2.48. The van der Waals surface area contributed by atoms with Gasteiger partial charge in [-0.2, -0.15) is 0 Å². The zero-order valence-electron chi connectivity index (χ0n) is 18.0. The second kappa shape index (κ2) is 6.84. The summed E-state index contributed by atoms with van der Waals surface area (Å²) in [5.41, 5.74) is 0.672. The molecular formula is C26H18N2O6. The van der Waals surface area contributed by atoms with Gasteiger partial charge in [-0.1, -0.05) is 54.6 Å².